The molecule has 0 N–H and O–H groups in total. The Labute approximate surface area is 96.6 Å². The van der Waals surface area contributed by atoms with E-state index in [9.17, 15) is 4.79 Å². The number of ketones is 1. The lowest BCUT2D eigenvalue weighted by Gasteiger charge is -2.35. The summed E-state index contributed by atoms with van der Waals surface area (Å²) in [6.45, 7) is 2.53. The lowest BCUT2D eigenvalue weighted by Crippen LogP contribution is -2.41. The minimum atomic E-state index is -0.658. The first-order chi connectivity index (χ1) is 7.79. The lowest BCUT2D eigenvalue weighted by molar-refractivity contribution is -0.150. The van der Waals surface area contributed by atoms with Crippen LogP contribution in [0.5, 0.6) is 0 Å². The van der Waals surface area contributed by atoms with Crippen molar-refractivity contribution >= 4 is 5.78 Å². The number of carbonyl (C=O) groups excluding carboxylic acids is 1. The Hall–Kier alpha value is -1.15. The number of hydrogen-bond donors (Lipinski definition) is 0. The average molecular weight is 218 g/mol. The summed E-state index contributed by atoms with van der Waals surface area (Å²) in [4.78, 5) is 12.2. The molecular weight excluding hydrogens is 200 g/mol. The zero-order valence-corrected chi connectivity index (χ0v) is 9.74. The highest BCUT2D eigenvalue weighted by atomic mass is 16.5. The maximum atomic E-state index is 12.2. The number of hydrogen-bond acceptors (Lipinski definition) is 2. The highest BCUT2D eigenvalue weighted by Crippen LogP contribution is 2.37. The summed E-state index contributed by atoms with van der Waals surface area (Å²) in [5, 5.41) is 0. The average Bonchev–Trinajstić information content (AvgIpc) is 2.34. The predicted molar refractivity (Wildman–Crippen MR) is 63.2 cm³/mol. The molecule has 1 atom stereocenters. The third kappa shape index (κ3) is 1.90. The van der Waals surface area contributed by atoms with Crippen LogP contribution in [0, 0.1) is 0 Å². The van der Waals surface area contributed by atoms with Crippen molar-refractivity contribution in [2.24, 2.45) is 0 Å². The molecule has 2 rings (SSSR count). The summed E-state index contributed by atoms with van der Waals surface area (Å²) < 4.78 is 5.82. The van der Waals surface area contributed by atoms with E-state index in [0.29, 0.717) is 13.0 Å². The van der Waals surface area contributed by atoms with Gasteiger partial charge < -0.3 is 4.74 Å². The van der Waals surface area contributed by atoms with E-state index in [1.54, 1.807) is 0 Å². The van der Waals surface area contributed by atoms with Crippen molar-refractivity contribution in [1.29, 1.82) is 0 Å². The molecule has 1 unspecified atom stereocenters. The van der Waals surface area contributed by atoms with E-state index in [4.69, 9.17) is 4.74 Å². The number of rotatable bonds is 3. The Kier molecular flexibility index (Phi) is 3.39. The molecule has 2 heteroatoms. The zero-order valence-electron chi connectivity index (χ0n) is 9.74. The Bertz CT molecular complexity index is 354. The van der Waals surface area contributed by atoms with Crippen molar-refractivity contribution in [3.63, 3.8) is 0 Å². The van der Waals surface area contributed by atoms with E-state index in [1.165, 1.54) is 0 Å². The standard InChI is InChI=1S/C14H18O2/c1-2-16-14(11-7-6-10-13(14)15)12-8-4-3-5-9-12/h3-5,8-9H,2,6-7,10-11H2,1H3. The Morgan fingerprint density at radius 1 is 1.25 bits per heavy atom. The van der Waals surface area contributed by atoms with Crippen molar-refractivity contribution in [2.75, 3.05) is 6.61 Å². The first-order valence-electron chi connectivity index (χ1n) is 6.02. The minimum absolute atomic E-state index is 0.242. The largest absolute Gasteiger partial charge is 0.363 e. The smallest absolute Gasteiger partial charge is 0.169 e. The molecule has 0 radical (unpaired) electrons. The van der Waals surface area contributed by atoms with Crippen LogP contribution in [0.1, 0.15) is 38.2 Å². The predicted octanol–water partition coefficient (Wildman–Crippen LogP) is 3.06. The van der Waals surface area contributed by atoms with E-state index in [1.807, 2.05) is 37.3 Å². The van der Waals surface area contributed by atoms with Crippen LogP contribution in [0.3, 0.4) is 0 Å². The molecule has 0 saturated heterocycles. The van der Waals surface area contributed by atoms with E-state index >= 15 is 0 Å². The van der Waals surface area contributed by atoms with Crippen molar-refractivity contribution in [2.45, 2.75) is 38.2 Å². The fourth-order valence-corrected chi connectivity index (χ4v) is 2.50. The van der Waals surface area contributed by atoms with Gasteiger partial charge in [-0.2, -0.15) is 0 Å². The van der Waals surface area contributed by atoms with Gasteiger partial charge in [-0.15, -0.1) is 0 Å². The number of ether oxygens (including phenoxy) is 1. The molecule has 0 heterocycles. The van der Waals surface area contributed by atoms with Gasteiger partial charge in [0.1, 0.15) is 0 Å². The van der Waals surface area contributed by atoms with Gasteiger partial charge >= 0.3 is 0 Å². The van der Waals surface area contributed by atoms with Gasteiger partial charge in [-0.1, -0.05) is 30.3 Å². The summed E-state index contributed by atoms with van der Waals surface area (Å²) >= 11 is 0. The van der Waals surface area contributed by atoms with Crippen LogP contribution >= 0.6 is 0 Å². The summed E-state index contributed by atoms with van der Waals surface area (Å²) in [6, 6.07) is 9.91. The summed E-state index contributed by atoms with van der Waals surface area (Å²) in [7, 11) is 0. The second-order valence-electron chi connectivity index (χ2n) is 4.26. The third-order valence-corrected chi connectivity index (χ3v) is 3.26. The van der Waals surface area contributed by atoms with Crippen LogP contribution in [0.2, 0.25) is 0 Å². The van der Waals surface area contributed by atoms with E-state index in [-0.39, 0.29) is 5.78 Å². The van der Waals surface area contributed by atoms with Gasteiger partial charge in [0.25, 0.3) is 0 Å². The fourth-order valence-electron chi connectivity index (χ4n) is 2.50. The Morgan fingerprint density at radius 2 is 2.00 bits per heavy atom. The monoisotopic (exact) mass is 218 g/mol. The Morgan fingerprint density at radius 3 is 2.62 bits per heavy atom. The molecule has 16 heavy (non-hydrogen) atoms. The molecule has 0 amide bonds. The molecule has 1 aliphatic rings. The molecule has 1 fully saturated rings. The van der Waals surface area contributed by atoms with Gasteiger partial charge in [-0.3, -0.25) is 4.79 Å². The summed E-state index contributed by atoms with van der Waals surface area (Å²) in [6.07, 6.45) is 3.54. The van der Waals surface area contributed by atoms with Gasteiger partial charge in [0, 0.05) is 13.0 Å². The maximum Gasteiger partial charge on any atom is 0.169 e. The van der Waals surface area contributed by atoms with Gasteiger partial charge in [-0.05, 0) is 31.7 Å². The molecule has 1 aliphatic carbocycles. The van der Waals surface area contributed by atoms with Crippen LogP contribution < -0.4 is 0 Å². The Balaban J connectivity index is 2.38. The zero-order chi connectivity index (χ0) is 11.4. The minimum Gasteiger partial charge on any atom is -0.363 e. The molecule has 1 saturated carbocycles. The second-order valence-corrected chi connectivity index (χ2v) is 4.26. The van der Waals surface area contributed by atoms with E-state index < -0.39 is 5.60 Å². The molecule has 0 aromatic heterocycles. The fraction of sp³-hybridized carbons (Fsp3) is 0.500. The first kappa shape index (κ1) is 11.3. The van der Waals surface area contributed by atoms with Gasteiger partial charge in [0.15, 0.2) is 11.4 Å². The second kappa shape index (κ2) is 4.79. The van der Waals surface area contributed by atoms with Crippen molar-refractivity contribution in [3.05, 3.63) is 35.9 Å². The third-order valence-electron chi connectivity index (χ3n) is 3.26. The van der Waals surface area contributed by atoms with E-state index in [0.717, 1.165) is 24.8 Å². The topological polar surface area (TPSA) is 26.3 Å². The van der Waals surface area contributed by atoms with E-state index in [2.05, 4.69) is 0 Å². The summed E-state index contributed by atoms with van der Waals surface area (Å²) in [5.74, 6) is 0.242. The summed E-state index contributed by atoms with van der Waals surface area (Å²) in [5.41, 5.74) is 0.357. The quantitative estimate of drug-likeness (QED) is 0.779. The lowest BCUT2D eigenvalue weighted by atomic mass is 9.78. The van der Waals surface area contributed by atoms with Crippen LogP contribution in [0.15, 0.2) is 30.3 Å². The molecule has 0 bridgehead atoms. The van der Waals surface area contributed by atoms with Crippen LogP contribution in [-0.2, 0) is 15.1 Å². The normalized spacial score (nSPS) is 25.7. The first-order valence-corrected chi connectivity index (χ1v) is 6.02. The highest BCUT2D eigenvalue weighted by molar-refractivity contribution is 5.89. The van der Waals surface area contributed by atoms with Gasteiger partial charge in [0.05, 0.1) is 0 Å². The molecular formula is C14H18O2. The van der Waals surface area contributed by atoms with Crippen LogP contribution in [-0.4, -0.2) is 12.4 Å². The van der Waals surface area contributed by atoms with Crippen LogP contribution in [0.25, 0.3) is 0 Å². The molecule has 0 spiro atoms. The number of benzene rings is 1. The molecule has 0 aliphatic heterocycles. The molecule has 1 aromatic rings. The highest BCUT2D eigenvalue weighted by Gasteiger charge is 2.41. The molecule has 86 valence electrons. The van der Waals surface area contributed by atoms with Crippen molar-refractivity contribution in [1.82, 2.24) is 0 Å². The van der Waals surface area contributed by atoms with Gasteiger partial charge in [0.2, 0.25) is 0 Å². The number of carbonyl (C=O) groups is 1. The van der Waals surface area contributed by atoms with Crippen molar-refractivity contribution < 1.29 is 9.53 Å². The van der Waals surface area contributed by atoms with Gasteiger partial charge in [-0.25, -0.2) is 0 Å². The SMILES string of the molecule is CCOC1(c2ccccc2)CCCCC1=O. The maximum absolute atomic E-state index is 12.2. The van der Waals surface area contributed by atoms with Crippen LogP contribution in [0.4, 0.5) is 0 Å². The van der Waals surface area contributed by atoms with Crippen molar-refractivity contribution in [3.8, 4) is 0 Å². The molecule has 1 aromatic carbocycles. The number of Topliss-reactive ketones (excluding diaryl/α,β-unsaturated/α-hetero) is 1. The molecule has 2 nitrogen and oxygen atoms in total.